The van der Waals surface area contributed by atoms with Crippen LogP contribution >= 0.6 is 0 Å². The Morgan fingerprint density at radius 2 is 2.33 bits per heavy atom. The van der Waals surface area contributed by atoms with Gasteiger partial charge in [0, 0.05) is 6.42 Å². The summed E-state index contributed by atoms with van der Waals surface area (Å²) in [7, 11) is 0. The Balaban J connectivity index is 2.31. The van der Waals surface area contributed by atoms with Crippen molar-refractivity contribution in [3.8, 4) is 0 Å². The second-order valence-corrected chi connectivity index (χ2v) is 4.40. The Morgan fingerprint density at radius 3 is 2.80 bits per heavy atom. The van der Waals surface area contributed by atoms with Crippen molar-refractivity contribution < 1.29 is 9.59 Å². The molecule has 0 aromatic heterocycles. The van der Waals surface area contributed by atoms with Crippen molar-refractivity contribution in [3.05, 3.63) is 0 Å². The van der Waals surface area contributed by atoms with Gasteiger partial charge in [0.2, 0.25) is 11.8 Å². The summed E-state index contributed by atoms with van der Waals surface area (Å²) in [4.78, 5) is 22.4. The van der Waals surface area contributed by atoms with Crippen molar-refractivity contribution in [1.82, 2.24) is 10.6 Å². The molecule has 5 heteroatoms. The highest BCUT2D eigenvalue weighted by molar-refractivity contribution is 5.84. The zero-order chi connectivity index (χ0) is 11.4. The highest BCUT2D eigenvalue weighted by atomic mass is 16.2. The quantitative estimate of drug-likeness (QED) is 0.600. The van der Waals surface area contributed by atoms with Gasteiger partial charge in [-0.1, -0.05) is 13.8 Å². The second-order valence-electron chi connectivity index (χ2n) is 4.40. The van der Waals surface area contributed by atoms with Gasteiger partial charge in [-0.2, -0.15) is 0 Å². The lowest BCUT2D eigenvalue weighted by Crippen LogP contribution is -2.49. The molecule has 4 N–H and O–H groups in total. The fraction of sp³-hybridized carbons (Fsp3) is 0.800. The average molecular weight is 213 g/mol. The SMILES string of the molecule is CC(C)C[C@@H](N)C(=O)N[C@H]1CCC(=O)N1. The van der Waals surface area contributed by atoms with E-state index < -0.39 is 6.04 Å². The monoisotopic (exact) mass is 213 g/mol. The van der Waals surface area contributed by atoms with Crippen molar-refractivity contribution in [2.75, 3.05) is 0 Å². The van der Waals surface area contributed by atoms with Crippen molar-refractivity contribution >= 4 is 11.8 Å². The number of rotatable bonds is 4. The molecule has 1 fully saturated rings. The van der Waals surface area contributed by atoms with Gasteiger partial charge in [0.1, 0.15) is 6.17 Å². The molecule has 1 rings (SSSR count). The van der Waals surface area contributed by atoms with E-state index >= 15 is 0 Å². The van der Waals surface area contributed by atoms with Gasteiger partial charge in [-0.05, 0) is 18.8 Å². The predicted molar refractivity (Wildman–Crippen MR) is 56.7 cm³/mol. The van der Waals surface area contributed by atoms with Gasteiger partial charge in [0.15, 0.2) is 0 Å². The summed E-state index contributed by atoms with van der Waals surface area (Å²) in [6.07, 6.45) is 1.55. The van der Waals surface area contributed by atoms with E-state index in [1.807, 2.05) is 13.8 Å². The van der Waals surface area contributed by atoms with Gasteiger partial charge < -0.3 is 16.4 Å². The Hall–Kier alpha value is -1.10. The number of carbonyl (C=O) groups is 2. The molecule has 1 aliphatic rings. The molecule has 15 heavy (non-hydrogen) atoms. The van der Waals surface area contributed by atoms with Crippen LogP contribution in [0.5, 0.6) is 0 Å². The van der Waals surface area contributed by atoms with Gasteiger partial charge in [-0.3, -0.25) is 9.59 Å². The first kappa shape index (κ1) is 12.0. The van der Waals surface area contributed by atoms with Crippen LogP contribution < -0.4 is 16.4 Å². The summed E-state index contributed by atoms with van der Waals surface area (Å²) >= 11 is 0. The normalized spacial score (nSPS) is 22.7. The molecule has 1 saturated heterocycles. The summed E-state index contributed by atoms with van der Waals surface area (Å²) in [5.41, 5.74) is 5.71. The standard InChI is InChI=1S/C10H19N3O2/c1-6(2)5-7(11)10(15)13-8-3-4-9(14)12-8/h6-8H,3-5,11H2,1-2H3,(H,12,14)(H,13,15)/t7-,8+/m1/s1. The number of carbonyl (C=O) groups excluding carboxylic acids is 2. The zero-order valence-electron chi connectivity index (χ0n) is 9.25. The van der Waals surface area contributed by atoms with Crippen LogP contribution in [-0.2, 0) is 9.59 Å². The molecular weight excluding hydrogens is 194 g/mol. The van der Waals surface area contributed by atoms with Gasteiger partial charge >= 0.3 is 0 Å². The summed E-state index contributed by atoms with van der Waals surface area (Å²) < 4.78 is 0. The first-order valence-electron chi connectivity index (χ1n) is 5.34. The van der Waals surface area contributed by atoms with Crippen LogP contribution in [-0.4, -0.2) is 24.0 Å². The number of hydrogen-bond acceptors (Lipinski definition) is 3. The van der Waals surface area contributed by atoms with Gasteiger partial charge in [-0.15, -0.1) is 0 Å². The van der Waals surface area contributed by atoms with Crippen molar-refractivity contribution in [3.63, 3.8) is 0 Å². The number of nitrogens with one attached hydrogen (secondary N) is 2. The highest BCUT2D eigenvalue weighted by Gasteiger charge is 2.24. The minimum absolute atomic E-state index is 0.0160. The van der Waals surface area contributed by atoms with E-state index in [1.165, 1.54) is 0 Å². The fourth-order valence-corrected chi connectivity index (χ4v) is 1.62. The zero-order valence-corrected chi connectivity index (χ0v) is 9.25. The minimum Gasteiger partial charge on any atom is -0.336 e. The number of nitrogens with two attached hydrogens (primary N) is 1. The van der Waals surface area contributed by atoms with E-state index in [9.17, 15) is 9.59 Å². The first-order valence-corrected chi connectivity index (χ1v) is 5.34. The fourth-order valence-electron chi connectivity index (χ4n) is 1.62. The molecule has 1 heterocycles. The molecule has 1 aliphatic heterocycles. The molecule has 0 saturated carbocycles. The Kier molecular flexibility index (Phi) is 4.08. The van der Waals surface area contributed by atoms with E-state index in [0.29, 0.717) is 25.2 Å². The first-order chi connectivity index (χ1) is 6.99. The summed E-state index contributed by atoms with van der Waals surface area (Å²) in [5.74, 6) is 0.192. The molecule has 2 atom stereocenters. The lowest BCUT2D eigenvalue weighted by molar-refractivity contribution is -0.123. The summed E-state index contributed by atoms with van der Waals surface area (Å²) in [6, 6.07) is -0.484. The molecule has 0 aromatic carbocycles. The lowest BCUT2D eigenvalue weighted by atomic mass is 10.0. The van der Waals surface area contributed by atoms with Crippen molar-refractivity contribution in [1.29, 1.82) is 0 Å². The van der Waals surface area contributed by atoms with Crippen LogP contribution in [0.1, 0.15) is 33.1 Å². The summed E-state index contributed by atoms with van der Waals surface area (Å²) in [6.45, 7) is 4.04. The third kappa shape index (κ3) is 3.87. The van der Waals surface area contributed by atoms with E-state index in [4.69, 9.17) is 5.73 Å². The summed E-state index contributed by atoms with van der Waals surface area (Å²) in [5, 5.41) is 5.39. The third-order valence-electron chi connectivity index (χ3n) is 2.37. The van der Waals surface area contributed by atoms with Crippen LogP contribution in [0.15, 0.2) is 0 Å². The Bertz CT molecular complexity index is 253. The molecular formula is C10H19N3O2. The van der Waals surface area contributed by atoms with Gasteiger partial charge in [-0.25, -0.2) is 0 Å². The van der Waals surface area contributed by atoms with Crippen LogP contribution in [0.25, 0.3) is 0 Å². The molecule has 0 radical (unpaired) electrons. The van der Waals surface area contributed by atoms with E-state index in [0.717, 1.165) is 0 Å². The van der Waals surface area contributed by atoms with Crippen molar-refractivity contribution in [2.24, 2.45) is 11.7 Å². The molecule has 0 bridgehead atoms. The van der Waals surface area contributed by atoms with Gasteiger partial charge in [0.25, 0.3) is 0 Å². The van der Waals surface area contributed by atoms with Crippen LogP contribution in [0.4, 0.5) is 0 Å². The maximum absolute atomic E-state index is 11.6. The van der Waals surface area contributed by atoms with E-state index in [-0.39, 0.29) is 18.0 Å². The van der Waals surface area contributed by atoms with Gasteiger partial charge in [0.05, 0.1) is 6.04 Å². The third-order valence-corrected chi connectivity index (χ3v) is 2.37. The van der Waals surface area contributed by atoms with Crippen molar-refractivity contribution in [2.45, 2.75) is 45.3 Å². The molecule has 0 aliphatic carbocycles. The maximum atomic E-state index is 11.6. The lowest BCUT2D eigenvalue weighted by Gasteiger charge is -2.17. The van der Waals surface area contributed by atoms with E-state index in [1.54, 1.807) is 0 Å². The van der Waals surface area contributed by atoms with Crippen LogP contribution in [0, 0.1) is 5.92 Å². The largest absolute Gasteiger partial charge is 0.336 e. The Morgan fingerprint density at radius 1 is 1.67 bits per heavy atom. The van der Waals surface area contributed by atoms with E-state index in [2.05, 4.69) is 10.6 Å². The smallest absolute Gasteiger partial charge is 0.238 e. The highest BCUT2D eigenvalue weighted by Crippen LogP contribution is 2.06. The average Bonchev–Trinajstić information content (AvgIpc) is 2.50. The maximum Gasteiger partial charge on any atom is 0.238 e. The predicted octanol–water partition coefficient (Wildman–Crippen LogP) is -0.288. The molecule has 2 amide bonds. The molecule has 86 valence electrons. The minimum atomic E-state index is -0.484. The number of hydrogen-bond donors (Lipinski definition) is 3. The van der Waals surface area contributed by atoms with Crippen LogP contribution in [0.2, 0.25) is 0 Å². The Labute approximate surface area is 89.8 Å². The molecule has 5 nitrogen and oxygen atoms in total. The number of amides is 2. The molecule has 0 aromatic rings. The second kappa shape index (κ2) is 5.11. The van der Waals surface area contributed by atoms with Crippen LogP contribution in [0.3, 0.4) is 0 Å². The molecule has 0 spiro atoms. The topological polar surface area (TPSA) is 84.2 Å². The molecule has 0 unspecified atom stereocenters.